The van der Waals surface area contributed by atoms with Gasteiger partial charge in [0.1, 0.15) is 6.04 Å². The summed E-state index contributed by atoms with van der Waals surface area (Å²) in [5, 5.41) is 7.15. The van der Waals surface area contributed by atoms with Gasteiger partial charge in [-0.2, -0.15) is 0 Å². The lowest BCUT2D eigenvalue weighted by molar-refractivity contribution is -0.116. The Labute approximate surface area is 127 Å². The molecule has 0 aliphatic heterocycles. The highest BCUT2D eigenvalue weighted by Crippen LogP contribution is 2.17. The topological polar surface area (TPSA) is 41.1 Å². The minimum Gasteiger partial charge on any atom is -0.374 e. The fourth-order valence-corrected chi connectivity index (χ4v) is 1.99. The first-order valence-corrected chi connectivity index (χ1v) is 6.89. The molecule has 0 aliphatic carbocycles. The number of benzene rings is 2. The number of hydrogen-bond acceptors (Lipinski definition) is 2. The molecule has 104 valence electrons. The van der Waals surface area contributed by atoms with E-state index in [1.807, 2.05) is 12.1 Å². The normalized spacial score (nSPS) is 11.8. The third-order valence-corrected chi connectivity index (χ3v) is 3.20. The maximum Gasteiger partial charge on any atom is 0.246 e. The number of nitrogens with one attached hydrogen (secondary N) is 2. The minimum absolute atomic E-state index is 0.137. The summed E-state index contributed by atoms with van der Waals surface area (Å²) >= 11 is 11.7. The van der Waals surface area contributed by atoms with Crippen molar-refractivity contribution in [2.45, 2.75) is 13.0 Å². The van der Waals surface area contributed by atoms with Gasteiger partial charge in [0.2, 0.25) is 5.91 Å². The first-order valence-electron chi connectivity index (χ1n) is 6.13. The molecular formula is C15H14Cl2N2O. The van der Waals surface area contributed by atoms with Crippen LogP contribution in [0.4, 0.5) is 11.4 Å². The molecule has 0 heterocycles. The molecule has 5 heteroatoms. The Bertz CT molecular complexity index is 599. The molecule has 0 fully saturated rings. The third kappa shape index (κ3) is 4.15. The van der Waals surface area contributed by atoms with Gasteiger partial charge in [0, 0.05) is 21.4 Å². The molecule has 2 rings (SSSR count). The van der Waals surface area contributed by atoms with Crippen LogP contribution in [0.3, 0.4) is 0 Å². The van der Waals surface area contributed by atoms with Crippen LogP contribution in [0.5, 0.6) is 0 Å². The van der Waals surface area contributed by atoms with Crippen molar-refractivity contribution in [1.29, 1.82) is 0 Å². The summed E-state index contributed by atoms with van der Waals surface area (Å²) in [4.78, 5) is 12.1. The van der Waals surface area contributed by atoms with Gasteiger partial charge < -0.3 is 10.6 Å². The molecule has 1 amide bonds. The average Bonchev–Trinajstić information content (AvgIpc) is 2.41. The van der Waals surface area contributed by atoms with Gasteiger partial charge in [0.05, 0.1) is 0 Å². The first-order chi connectivity index (χ1) is 9.54. The predicted octanol–water partition coefficient (Wildman–Crippen LogP) is 4.43. The zero-order valence-electron chi connectivity index (χ0n) is 10.9. The van der Waals surface area contributed by atoms with E-state index in [0.717, 1.165) is 5.69 Å². The van der Waals surface area contributed by atoms with Crippen molar-refractivity contribution in [3.8, 4) is 0 Å². The molecule has 1 atom stereocenters. The van der Waals surface area contributed by atoms with Crippen LogP contribution < -0.4 is 10.6 Å². The predicted molar refractivity (Wildman–Crippen MR) is 84.6 cm³/mol. The van der Waals surface area contributed by atoms with Gasteiger partial charge in [-0.25, -0.2) is 0 Å². The van der Waals surface area contributed by atoms with Crippen LogP contribution in [0, 0.1) is 0 Å². The van der Waals surface area contributed by atoms with E-state index in [9.17, 15) is 4.79 Å². The molecule has 2 aromatic rings. The second kappa shape index (κ2) is 6.64. The van der Waals surface area contributed by atoms with Crippen LogP contribution >= 0.6 is 23.2 Å². The number of hydrogen-bond donors (Lipinski definition) is 2. The van der Waals surface area contributed by atoms with E-state index in [1.165, 1.54) is 0 Å². The number of amides is 1. The molecule has 1 unspecified atom stereocenters. The van der Waals surface area contributed by atoms with Gasteiger partial charge in [-0.3, -0.25) is 4.79 Å². The SMILES string of the molecule is CC(Nc1ccc(Cl)cc1)C(=O)Nc1cccc(Cl)c1. The molecule has 3 nitrogen and oxygen atoms in total. The van der Waals surface area contributed by atoms with Gasteiger partial charge in [-0.1, -0.05) is 29.3 Å². The Balaban J connectivity index is 1.96. The van der Waals surface area contributed by atoms with Crippen molar-refractivity contribution in [3.63, 3.8) is 0 Å². The summed E-state index contributed by atoms with van der Waals surface area (Å²) in [5.74, 6) is -0.137. The Hall–Kier alpha value is -1.71. The van der Waals surface area contributed by atoms with Crippen LogP contribution in [0.2, 0.25) is 10.0 Å². The number of carbonyl (C=O) groups is 1. The lowest BCUT2D eigenvalue weighted by atomic mass is 10.2. The molecule has 2 N–H and O–H groups in total. The highest BCUT2D eigenvalue weighted by Gasteiger charge is 2.12. The van der Waals surface area contributed by atoms with Crippen LogP contribution in [0.1, 0.15) is 6.92 Å². The zero-order chi connectivity index (χ0) is 14.5. The van der Waals surface area contributed by atoms with Crippen molar-refractivity contribution >= 4 is 40.5 Å². The molecule has 0 bridgehead atoms. The van der Waals surface area contributed by atoms with E-state index in [4.69, 9.17) is 23.2 Å². The maximum absolute atomic E-state index is 12.1. The first kappa shape index (κ1) is 14.7. The summed E-state index contributed by atoms with van der Waals surface area (Å²) in [6.45, 7) is 1.79. The Morgan fingerprint density at radius 1 is 1.00 bits per heavy atom. The van der Waals surface area contributed by atoms with Gasteiger partial charge >= 0.3 is 0 Å². The quantitative estimate of drug-likeness (QED) is 0.877. The summed E-state index contributed by atoms with van der Waals surface area (Å²) in [6, 6.07) is 13.8. The highest BCUT2D eigenvalue weighted by atomic mass is 35.5. The van der Waals surface area contributed by atoms with Crippen molar-refractivity contribution in [3.05, 3.63) is 58.6 Å². The van der Waals surface area contributed by atoms with Gasteiger partial charge in [-0.05, 0) is 49.4 Å². The van der Waals surface area contributed by atoms with Crippen LogP contribution in [-0.4, -0.2) is 11.9 Å². The smallest absolute Gasteiger partial charge is 0.246 e. The fraction of sp³-hybridized carbons (Fsp3) is 0.133. The van der Waals surface area contributed by atoms with Crippen LogP contribution in [-0.2, 0) is 4.79 Å². The molecule has 0 radical (unpaired) electrons. The largest absolute Gasteiger partial charge is 0.374 e. The zero-order valence-corrected chi connectivity index (χ0v) is 12.4. The van der Waals surface area contributed by atoms with E-state index in [-0.39, 0.29) is 11.9 Å². The van der Waals surface area contributed by atoms with Crippen LogP contribution in [0.25, 0.3) is 0 Å². The van der Waals surface area contributed by atoms with Crippen molar-refractivity contribution in [2.75, 3.05) is 10.6 Å². The minimum atomic E-state index is -0.379. The van der Waals surface area contributed by atoms with Gasteiger partial charge in [0.25, 0.3) is 0 Å². The second-order valence-electron chi connectivity index (χ2n) is 4.37. The fourth-order valence-electron chi connectivity index (χ4n) is 1.68. The average molecular weight is 309 g/mol. The van der Waals surface area contributed by atoms with Crippen molar-refractivity contribution < 1.29 is 4.79 Å². The van der Waals surface area contributed by atoms with E-state index in [2.05, 4.69) is 10.6 Å². The van der Waals surface area contributed by atoms with Crippen molar-refractivity contribution in [2.24, 2.45) is 0 Å². The van der Waals surface area contributed by atoms with E-state index in [0.29, 0.717) is 15.7 Å². The third-order valence-electron chi connectivity index (χ3n) is 2.71. The second-order valence-corrected chi connectivity index (χ2v) is 5.25. The highest BCUT2D eigenvalue weighted by molar-refractivity contribution is 6.31. The molecular weight excluding hydrogens is 295 g/mol. The summed E-state index contributed by atoms with van der Waals surface area (Å²) in [7, 11) is 0. The molecule has 0 spiro atoms. The summed E-state index contributed by atoms with van der Waals surface area (Å²) in [6.07, 6.45) is 0. The van der Waals surface area contributed by atoms with Crippen LogP contribution in [0.15, 0.2) is 48.5 Å². The molecule has 0 aromatic heterocycles. The van der Waals surface area contributed by atoms with Gasteiger partial charge in [0.15, 0.2) is 0 Å². The number of carbonyl (C=O) groups excluding carboxylic acids is 1. The Morgan fingerprint density at radius 2 is 1.70 bits per heavy atom. The summed E-state index contributed by atoms with van der Waals surface area (Å²) in [5.41, 5.74) is 1.51. The van der Waals surface area contributed by atoms with Gasteiger partial charge in [-0.15, -0.1) is 0 Å². The van der Waals surface area contributed by atoms with E-state index in [1.54, 1.807) is 43.3 Å². The maximum atomic E-state index is 12.1. The molecule has 0 saturated carbocycles. The van der Waals surface area contributed by atoms with E-state index >= 15 is 0 Å². The molecule has 0 aliphatic rings. The monoisotopic (exact) mass is 308 g/mol. The standard InChI is InChI=1S/C15H14Cl2N2O/c1-10(18-13-7-5-11(16)6-8-13)15(20)19-14-4-2-3-12(17)9-14/h2-10,18H,1H3,(H,19,20). The lowest BCUT2D eigenvalue weighted by Gasteiger charge is -2.15. The van der Waals surface area contributed by atoms with Crippen molar-refractivity contribution in [1.82, 2.24) is 0 Å². The lowest BCUT2D eigenvalue weighted by Crippen LogP contribution is -2.31. The molecule has 0 saturated heterocycles. The van der Waals surface area contributed by atoms with E-state index < -0.39 is 0 Å². The molecule has 20 heavy (non-hydrogen) atoms. The number of halogens is 2. The number of anilines is 2. The molecule has 2 aromatic carbocycles. The summed E-state index contributed by atoms with van der Waals surface area (Å²) < 4.78 is 0. The number of rotatable bonds is 4. The Morgan fingerprint density at radius 3 is 2.35 bits per heavy atom. The Kier molecular flexibility index (Phi) is 4.88.